The highest BCUT2D eigenvalue weighted by molar-refractivity contribution is 5.69. The van der Waals surface area contributed by atoms with E-state index in [0.29, 0.717) is 13.0 Å². The normalized spacial score (nSPS) is 10.4. The third kappa shape index (κ3) is 7.29. The summed E-state index contributed by atoms with van der Waals surface area (Å²) in [5.41, 5.74) is 3.33. The molecule has 0 aromatic heterocycles. The number of carbonyl (C=O) groups excluding carboxylic acids is 1. The summed E-state index contributed by atoms with van der Waals surface area (Å²) >= 11 is 0. The molecule has 2 N–H and O–H groups in total. The van der Waals surface area contributed by atoms with Gasteiger partial charge in [-0.25, -0.2) is 0 Å². The number of carbonyl (C=O) groups is 1. The zero-order valence-electron chi connectivity index (χ0n) is 14.8. The maximum Gasteiger partial charge on any atom is 0.307 e. The summed E-state index contributed by atoms with van der Waals surface area (Å²) in [6.07, 6.45) is 5.79. The van der Waals surface area contributed by atoms with Crippen molar-refractivity contribution in [2.24, 2.45) is 0 Å². The molecule has 2 rings (SSSR count). The number of phenols is 1. The van der Waals surface area contributed by atoms with E-state index >= 15 is 0 Å². The second-order valence-corrected chi connectivity index (χ2v) is 6.19. The van der Waals surface area contributed by atoms with Crippen LogP contribution >= 0.6 is 0 Å². The standard InChI is InChI=1S/C21H27NO3/c1-25-21(24)12-13-22-19-14-18(15-20(23)16-19)11-7-3-6-10-17-8-4-2-5-9-17/h2,4-5,8-9,14-16,22-23H,3,6-7,10-13H2,1H3. The molecule has 0 bridgehead atoms. The molecule has 0 saturated carbocycles. The van der Waals surface area contributed by atoms with Crippen LogP contribution in [0.1, 0.15) is 36.8 Å². The Morgan fingerprint density at radius 3 is 2.44 bits per heavy atom. The van der Waals surface area contributed by atoms with E-state index in [4.69, 9.17) is 0 Å². The second-order valence-electron chi connectivity index (χ2n) is 6.19. The van der Waals surface area contributed by atoms with Crippen molar-refractivity contribution in [1.29, 1.82) is 0 Å². The maximum atomic E-state index is 11.1. The van der Waals surface area contributed by atoms with Crippen LogP contribution in [0.15, 0.2) is 48.5 Å². The van der Waals surface area contributed by atoms with Crippen molar-refractivity contribution >= 4 is 11.7 Å². The Balaban J connectivity index is 1.72. The molecular formula is C21H27NO3. The molecule has 25 heavy (non-hydrogen) atoms. The molecule has 0 aliphatic carbocycles. The van der Waals surface area contributed by atoms with Gasteiger partial charge in [0.15, 0.2) is 0 Å². The lowest BCUT2D eigenvalue weighted by atomic mass is 10.0. The van der Waals surface area contributed by atoms with E-state index in [1.165, 1.54) is 19.1 Å². The van der Waals surface area contributed by atoms with E-state index in [2.05, 4.69) is 34.3 Å². The van der Waals surface area contributed by atoms with Gasteiger partial charge in [0.05, 0.1) is 13.5 Å². The lowest BCUT2D eigenvalue weighted by Gasteiger charge is -2.09. The summed E-state index contributed by atoms with van der Waals surface area (Å²) in [7, 11) is 1.38. The Morgan fingerprint density at radius 1 is 1.00 bits per heavy atom. The van der Waals surface area contributed by atoms with E-state index in [1.54, 1.807) is 6.07 Å². The highest BCUT2D eigenvalue weighted by Crippen LogP contribution is 2.21. The van der Waals surface area contributed by atoms with Gasteiger partial charge in [0, 0.05) is 18.3 Å². The summed E-state index contributed by atoms with van der Waals surface area (Å²) in [6, 6.07) is 16.1. The number of aromatic hydroxyl groups is 1. The molecule has 4 nitrogen and oxygen atoms in total. The van der Waals surface area contributed by atoms with Crippen LogP contribution in [0.4, 0.5) is 5.69 Å². The SMILES string of the molecule is COC(=O)CCNc1cc(O)cc(CCCCCc2ccccc2)c1. The Kier molecular flexibility index (Phi) is 7.83. The number of phenolic OH excluding ortho intramolecular Hbond substituents is 1. The molecule has 0 atom stereocenters. The van der Waals surface area contributed by atoms with Gasteiger partial charge in [-0.3, -0.25) is 4.79 Å². The average Bonchev–Trinajstić information content (AvgIpc) is 2.62. The Hall–Kier alpha value is -2.49. The van der Waals surface area contributed by atoms with Crippen LogP contribution in [0.25, 0.3) is 0 Å². The lowest BCUT2D eigenvalue weighted by Crippen LogP contribution is -2.09. The fraction of sp³-hybridized carbons (Fsp3) is 0.381. The highest BCUT2D eigenvalue weighted by atomic mass is 16.5. The van der Waals surface area contributed by atoms with Crippen LogP contribution in [0.3, 0.4) is 0 Å². The van der Waals surface area contributed by atoms with Crippen LogP contribution < -0.4 is 5.32 Å². The molecule has 2 aromatic carbocycles. The predicted octanol–water partition coefficient (Wildman–Crippen LogP) is 4.32. The van der Waals surface area contributed by atoms with E-state index in [0.717, 1.165) is 36.9 Å². The third-order valence-corrected chi connectivity index (χ3v) is 4.14. The minimum absolute atomic E-state index is 0.244. The number of hydrogen-bond donors (Lipinski definition) is 2. The molecule has 2 aromatic rings. The summed E-state index contributed by atoms with van der Waals surface area (Å²) in [4.78, 5) is 11.1. The summed E-state index contributed by atoms with van der Waals surface area (Å²) in [5.74, 6) is 0.00801. The lowest BCUT2D eigenvalue weighted by molar-refractivity contribution is -0.140. The molecule has 0 aliphatic rings. The number of unbranched alkanes of at least 4 members (excludes halogenated alkanes) is 2. The molecule has 134 valence electrons. The number of anilines is 1. The minimum atomic E-state index is -0.244. The van der Waals surface area contributed by atoms with Gasteiger partial charge in [0.2, 0.25) is 0 Å². The van der Waals surface area contributed by atoms with Crippen molar-refractivity contribution in [1.82, 2.24) is 0 Å². The number of aryl methyl sites for hydroxylation is 2. The fourth-order valence-electron chi connectivity index (χ4n) is 2.81. The van der Waals surface area contributed by atoms with Crippen molar-refractivity contribution in [2.75, 3.05) is 19.0 Å². The molecule has 0 spiro atoms. The first-order chi connectivity index (χ1) is 12.2. The van der Waals surface area contributed by atoms with Crippen molar-refractivity contribution in [2.45, 2.75) is 38.5 Å². The van der Waals surface area contributed by atoms with Crippen LogP contribution in [0.2, 0.25) is 0 Å². The second kappa shape index (κ2) is 10.4. The predicted molar refractivity (Wildman–Crippen MR) is 101 cm³/mol. The van der Waals surface area contributed by atoms with Gasteiger partial charge in [-0.05, 0) is 48.9 Å². The summed E-state index contributed by atoms with van der Waals surface area (Å²) < 4.78 is 4.62. The van der Waals surface area contributed by atoms with Crippen LogP contribution in [0.5, 0.6) is 5.75 Å². The van der Waals surface area contributed by atoms with Gasteiger partial charge in [-0.15, -0.1) is 0 Å². The van der Waals surface area contributed by atoms with Gasteiger partial charge in [-0.2, -0.15) is 0 Å². The average molecular weight is 341 g/mol. The number of benzene rings is 2. The first-order valence-electron chi connectivity index (χ1n) is 8.85. The Labute approximate surface area is 149 Å². The van der Waals surface area contributed by atoms with Crippen molar-refractivity contribution in [3.8, 4) is 5.75 Å². The van der Waals surface area contributed by atoms with Gasteiger partial charge in [-0.1, -0.05) is 36.8 Å². The number of rotatable bonds is 10. The van der Waals surface area contributed by atoms with Crippen LogP contribution in [0, 0.1) is 0 Å². The van der Waals surface area contributed by atoms with E-state index in [-0.39, 0.29) is 11.7 Å². The highest BCUT2D eigenvalue weighted by Gasteiger charge is 2.03. The van der Waals surface area contributed by atoms with Crippen molar-refractivity contribution in [3.63, 3.8) is 0 Å². The Bertz CT molecular complexity index is 655. The molecule has 0 saturated heterocycles. The summed E-state index contributed by atoms with van der Waals surface area (Å²) in [6.45, 7) is 0.493. The van der Waals surface area contributed by atoms with E-state index < -0.39 is 0 Å². The summed E-state index contributed by atoms with van der Waals surface area (Å²) in [5, 5.41) is 13.0. The molecule has 0 radical (unpaired) electrons. The number of hydrogen-bond acceptors (Lipinski definition) is 4. The molecule has 4 heteroatoms. The molecule has 0 fully saturated rings. The maximum absolute atomic E-state index is 11.1. The van der Waals surface area contributed by atoms with Crippen LogP contribution in [-0.4, -0.2) is 24.7 Å². The number of ether oxygens (including phenoxy) is 1. The molecule has 0 amide bonds. The van der Waals surface area contributed by atoms with Crippen molar-refractivity contribution < 1.29 is 14.6 Å². The molecule has 0 heterocycles. The monoisotopic (exact) mass is 341 g/mol. The van der Waals surface area contributed by atoms with E-state index in [1.807, 2.05) is 18.2 Å². The number of esters is 1. The minimum Gasteiger partial charge on any atom is -0.508 e. The molecule has 0 aliphatic heterocycles. The van der Waals surface area contributed by atoms with Crippen molar-refractivity contribution in [3.05, 3.63) is 59.7 Å². The number of methoxy groups -OCH3 is 1. The quantitative estimate of drug-likeness (QED) is 0.499. The molecule has 0 unspecified atom stereocenters. The zero-order chi connectivity index (χ0) is 17.9. The topological polar surface area (TPSA) is 58.6 Å². The Morgan fingerprint density at radius 2 is 1.72 bits per heavy atom. The first kappa shape index (κ1) is 18.8. The van der Waals surface area contributed by atoms with Gasteiger partial charge >= 0.3 is 5.97 Å². The van der Waals surface area contributed by atoms with Gasteiger partial charge in [0.1, 0.15) is 5.75 Å². The zero-order valence-corrected chi connectivity index (χ0v) is 14.8. The van der Waals surface area contributed by atoms with Gasteiger partial charge in [0.25, 0.3) is 0 Å². The largest absolute Gasteiger partial charge is 0.508 e. The number of nitrogens with one attached hydrogen (secondary N) is 1. The smallest absolute Gasteiger partial charge is 0.307 e. The molecular weight excluding hydrogens is 314 g/mol. The third-order valence-electron chi connectivity index (χ3n) is 4.14. The van der Waals surface area contributed by atoms with Gasteiger partial charge < -0.3 is 15.2 Å². The van der Waals surface area contributed by atoms with Crippen LogP contribution in [-0.2, 0) is 22.4 Å². The van der Waals surface area contributed by atoms with E-state index in [9.17, 15) is 9.90 Å². The first-order valence-corrected chi connectivity index (χ1v) is 8.85. The fourth-order valence-corrected chi connectivity index (χ4v) is 2.81.